The van der Waals surface area contributed by atoms with Crippen molar-refractivity contribution in [2.45, 2.75) is 26.9 Å². The Labute approximate surface area is 156 Å². The predicted molar refractivity (Wildman–Crippen MR) is 98.1 cm³/mol. The fourth-order valence-corrected chi connectivity index (χ4v) is 3.11. The number of rotatable bonds is 7. The summed E-state index contributed by atoms with van der Waals surface area (Å²) in [5, 5.41) is -0.500. The van der Waals surface area contributed by atoms with E-state index in [1.165, 1.54) is 0 Å². The fraction of sp³-hybridized carbons (Fsp3) is 0.389. The molecule has 26 heavy (non-hydrogen) atoms. The highest BCUT2D eigenvalue weighted by molar-refractivity contribution is 8.18. The van der Waals surface area contributed by atoms with Crippen LogP contribution in [0.25, 0.3) is 6.08 Å². The van der Waals surface area contributed by atoms with Crippen LogP contribution in [0.15, 0.2) is 23.1 Å². The van der Waals surface area contributed by atoms with E-state index in [9.17, 15) is 14.4 Å². The first-order valence-corrected chi connectivity index (χ1v) is 8.93. The van der Waals surface area contributed by atoms with Crippen molar-refractivity contribution in [3.63, 3.8) is 0 Å². The van der Waals surface area contributed by atoms with Gasteiger partial charge in [0.15, 0.2) is 11.5 Å². The molecule has 0 atom stereocenters. The summed E-state index contributed by atoms with van der Waals surface area (Å²) in [6.45, 7) is 5.32. The van der Waals surface area contributed by atoms with E-state index in [0.717, 1.165) is 16.7 Å². The van der Waals surface area contributed by atoms with Crippen LogP contribution in [-0.4, -0.2) is 48.4 Å². The number of amides is 2. The summed E-state index contributed by atoms with van der Waals surface area (Å²) in [7, 11) is 1.54. The Morgan fingerprint density at radius 2 is 2.00 bits per heavy atom. The summed E-state index contributed by atoms with van der Waals surface area (Å²) in [4.78, 5) is 37.3. The van der Waals surface area contributed by atoms with Crippen molar-refractivity contribution in [1.29, 1.82) is 0 Å². The summed E-state index contributed by atoms with van der Waals surface area (Å²) in [5.74, 6) is -0.0156. The second-order valence-corrected chi connectivity index (χ2v) is 6.64. The lowest BCUT2D eigenvalue weighted by Gasteiger charge is -2.13. The highest BCUT2D eigenvalue weighted by Gasteiger charge is 2.36. The number of nitrogens with zero attached hydrogens (tertiary/aromatic N) is 1. The molecule has 1 aliphatic rings. The molecule has 0 saturated carbocycles. The molecular formula is C18H21NO6S. The van der Waals surface area contributed by atoms with E-state index < -0.39 is 23.7 Å². The first-order valence-electron chi connectivity index (χ1n) is 8.11. The Kier molecular flexibility index (Phi) is 6.68. The summed E-state index contributed by atoms with van der Waals surface area (Å²) in [5.41, 5.74) is 0.685. The summed E-state index contributed by atoms with van der Waals surface area (Å²) in [6, 6.07) is 5.20. The largest absolute Gasteiger partial charge is 0.493 e. The number of ether oxygens (including phenoxy) is 3. The standard InChI is InChI=1S/C18H21NO6S/c1-5-24-14-8-12(6-7-13(14)23-4)9-15-17(21)19(18(22)26-15)10-16(20)25-11(2)3/h6-9,11H,5,10H2,1-4H3/b15-9+. The van der Waals surface area contributed by atoms with Crippen LogP contribution in [-0.2, 0) is 14.3 Å². The van der Waals surface area contributed by atoms with Gasteiger partial charge in [0.25, 0.3) is 11.1 Å². The minimum atomic E-state index is -0.619. The van der Waals surface area contributed by atoms with Crippen LogP contribution in [0.1, 0.15) is 26.3 Å². The predicted octanol–water partition coefficient (Wildman–Crippen LogP) is 3.08. The number of methoxy groups -OCH3 is 1. The maximum absolute atomic E-state index is 12.4. The van der Waals surface area contributed by atoms with Gasteiger partial charge in [0.05, 0.1) is 24.7 Å². The molecule has 0 spiro atoms. The number of carbonyl (C=O) groups excluding carboxylic acids is 3. The molecule has 1 aromatic carbocycles. The lowest BCUT2D eigenvalue weighted by molar-refractivity contribution is -0.149. The van der Waals surface area contributed by atoms with E-state index >= 15 is 0 Å². The van der Waals surface area contributed by atoms with Gasteiger partial charge in [0.2, 0.25) is 0 Å². The molecule has 7 nitrogen and oxygen atoms in total. The summed E-state index contributed by atoms with van der Waals surface area (Å²) in [6.07, 6.45) is 1.27. The van der Waals surface area contributed by atoms with Crippen molar-refractivity contribution in [3.8, 4) is 11.5 Å². The van der Waals surface area contributed by atoms with Gasteiger partial charge < -0.3 is 14.2 Å². The van der Waals surface area contributed by atoms with Gasteiger partial charge in [0.1, 0.15) is 6.54 Å². The van der Waals surface area contributed by atoms with E-state index in [4.69, 9.17) is 14.2 Å². The van der Waals surface area contributed by atoms with Crippen LogP contribution in [0.2, 0.25) is 0 Å². The maximum Gasteiger partial charge on any atom is 0.326 e. The van der Waals surface area contributed by atoms with Crippen molar-refractivity contribution in [1.82, 2.24) is 4.90 Å². The van der Waals surface area contributed by atoms with Crippen LogP contribution in [0.4, 0.5) is 4.79 Å². The van der Waals surface area contributed by atoms with Crippen LogP contribution in [0, 0.1) is 0 Å². The van der Waals surface area contributed by atoms with Gasteiger partial charge in [-0.3, -0.25) is 19.3 Å². The van der Waals surface area contributed by atoms with Gasteiger partial charge in [-0.05, 0) is 56.3 Å². The number of hydrogen-bond acceptors (Lipinski definition) is 7. The van der Waals surface area contributed by atoms with E-state index in [1.54, 1.807) is 45.2 Å². The van der Waals surface area contributed by atoms with Crippen molar-refractivity contribution < 1.29 is 28.6 Å². The lowest BCUT2D eigenvalue weighted by Crippen LogP contribution is -2.35. The number of hydrogen-bond donors (Lipinski definition) is 0. The molecule has 1 saturated heterocycles. The topological polar surface area (TPSA) is 82.1 Å². The smallest absolute Gasteiger partial charge is 0.326 e. The first kappa shape index (κ1) is 19.8. The van der Waals surface area contributed by atoms with Gasteiger partial charge in [-0.25, -0.2) is 0 Å². The van der Waals surface area contributed by atoms with E-state index in [-0.39, 0.29) is 11.0 Å². The van der Waals surface area contributed by atoms with Gasteiger partial charge in [0, 0.05) is 0 Å². The Morgan fingerprint density at radius 1 is 1.27 bits per heavy atom. The molecular weight excluding hydrogens is 358 g/mol. The second-order valence-electron chi connectivity index (χ2n) is 5.65. The molecule has 140 valence electrons. The van der Waals surface area contributed by atoms with E-state index in [2.05, 4.69) is 0 Å². The van der Waals surface area contributed by atoms with Gasteiger partial charge in [-0.1, -0.05) is 6.07 Å². The molecule has 0 unspecified atom stereocenters. The molecule has 0 aromatic heterocycles. The van der Waals surface area contributed by atoms with Crippen LogP contribution in [0.5, 0.6) is 11.5 Å². The quantitative estimate of drug-likeness (QED) is 0.532. The Morgan fingerprint density at radius 3 is 2.62 bits per heavy atom. The Hall–Kier alpha value is -2.48. The third-order valence-electron chi connectivity index (χ3n) is 3.31. The molecule has 1 aliphatic heterocycles. The number of carbonyl (C=O) groups is 3. The van der Waals surface area contributed by atoms with E-state index in [1.807, 2.05) is 6.92 Å². The third-order valence-corrected chi connectivity index (χ3v) is 4.22. The van der Waals surface area contributed by atoms with Crippen molar-refractivity contribution in [3.05, 3.63) is 28.7 Å². The first-order chi connectivity index (χ1) is 12.3. The summed E-state index contributed by atoms with van der Waals surface area (Å²) < 4.78 is 15.7. The number of imide groups is 1. The normalized spacial score (nSPS) is 15.7. The van der Waals surface area contributed by atoms with Crippen molar-refractivity contribution >= 4 is 35.0 Å². The van der Waals surface area contributed by atoms with Gasteiger partial charge in [-0.15, -0.1) is 0 Å². The fourth-order valence-electron chi connectivity index (χ4n) is 2.27. The number of benzene rings is 1. The molecule has 2 amide bonds. The zero-order chi connectivity index (χ0) is 19.3. The highest BCUT2D eigenvalue weighted by Crippen LogP contribution is 2.34. The molecule has 0 bridgehead atoms. The third kappa shape index (κ3) is 4.78. The molecule has 0 N–H and O–H groups in total. The summed E-state index contributed by atoms with van der Waals surface area (Å²) >= 11 is 0.785. The molecule has 0 aliphatic carbocycles. The minimum Gasteiger partial charge on any atom is -0.493 e. The molecule has 2 rings (SSSR count). The minimum absolute atomic E-state index is 0.236. The monoisotopic (exact) mass is 379 g/mol. The SMILES string of the molecule is CCOc1cc(/C=C2/SC(=O)N(CC(=O)OC(C)C)C2=O)ccc1OC. The van der Waals surface area contributed by atoms with Crippen molar-refractivity contribution in [2.75, 3.05) is 20.3 Å². The number of thioether (sulfide) groups is 1. The molecule has 1 aromatic rings. The number of esters is 1. The van der Waals surface area contributed by atoms with Crippen molar-refractivity contribution in [2.24, 2.45) is 0 Å². The zero-order valence-corrected chi connectivity index (χ0v) is 15.9. The molecule has 0 radical (unpaired) electrons. The highest BCUT2D eigenvalue weighted by atomic mass is 32.2. The average Bonchev–Trinajstić information content (AvgIpc) is 2.82. The Bertz CT molecular complexity index is 743. The van der Waals surface area contributed by atoms with E-state index in [0.29, 0.717) is 23.7 Å². The average molecular weight is 379 g/mol. The lowest BCUT2D eigenvalue weighted by atomic mass is 10.2. The van der Waals surface area contributed by atoms with Gasteiger partial charge in [-0.2, -0.15) is 0 Å². The van der Waals surface area contributed by atoms with Crippen LogP contribution >= 0.6 is 11.8 Å². The van der Waals surface area contributed by atoms with Crippen LogP contribution < -0.4 is 9.47 Å². The zero-order valence-electron chi connectivity index (χ0n) is 15.1. The van der Waals surface area contributed by atoms with Crippen LogP contribution in [0.3, 0.4) is 0 Å². The second kappa shape index (κ2) is 8.75. The molecule has 1 heterocycles. The molecule has 8 heteroatoms. The Balaban J connectivity index is 2.19. The van der Waals surface area contributed by atoms with Gasteiger partial charge >= 0.3 is 5.97 Å². The maximum atomic E-state index is 12.4. The molecule has 1 fully saturated rings.